The van der Waals surface area contributed by atoms with Crippen LogP contribution in [0.25, 0.3) is 10.7 Å². The van der Waals surface area contributed by atoms with Crippen molar-refractivity contribution in [2.24, 2.45) is 0 Å². The van der Waals surface area contributed by atoms with E-state index in [1.54, 1.807) is 30.3 Å². The van der Waals surface area contributed by atoms with Crippen LogP contribution in [-0.4, -0.2) is 27.8 Å². The van der Waals surface area contributed by atoms with E-state index in [-0.39, 0.29) is 12.3 Å². The van der Waals surface area contributed by atoms with E-state index in [0.29, 0.717) is 12.1 Å². The molecule has 0 N–H and O–H groups in total. The van der Waals surface area contributed by atoms with E-state index < -0.39 is 0 Å². The van der Waals surface area contributed by atoms with E-state index in [1.807, 2.05) is 35.7 Å². The van der Waals surface area contributed by atoms with Crippen molar-refractivity contribution in [3.05, 3.63) is 70.9 Å². The van der Waals surface area contributed by atoms with Gasteiger partial charge in [-0.05, 0) is 29.8 Å². The van der Waals surface area contributed by atoms with E-state index in [2.05, 4.69) is 16.0 Å². The van der Waals surface area contributed by atoms with Gasteiger partial charge in [0.1, 0.15) is 5.01 Å². The molecule has 3 rings (SSSR count). The number of nitrogens with zero attached hydrogens (tertiary/aromatic N) is 4. The minimum absolute atomic E-state index is 0.00207. The molecule has 124 valence electrons. The van der Waals surface area contributed by atoms with Crippen LogP contribution in [0.15, 0.2) is 54.0 Å². The van der Waals surface area contributed by atoms with Crippen molar-refractivity contribution in [1.82, 2.24) is 14.9 Å². The second-order valence-corrected chi connectivity index (χ2v) is 6.45. The van der Waals surface area contributed by atoms with Gasteiger partial charge in [-0.2, -0.15) is 5.26 Å². The number of pyridine rings is 1. The minimum Gasteiger partial charge on any atom is -0.341 e. The maximum Gasteiger partial charge on any atom is 0.228 e. The molecule has 0 aliphatic carbocycles. The molecule has 0 spiro atoms. The first-order valence-corrected chi connectivity index (χ1v) is 8.62. The second-order valence-electron chi connectivity index (χ2n) is 5.59. The molecule has 6 heteroatoms. The van der Waals surface area contributed by atoms with Crippen molar-refractivity contribution in [2.75, 3.05) is 7.05 Å². The number of aromatic nitrogens is 2. The molecule has 25 heavy (non-hydrogen) atoms. The molecule has 3 aromatic rings. The molecular weight excluding hydrogens is 332 g/mol. The van der Waals surface area contributed by atoms with Crippen molar-refractivity contribution in [2.45, 2.75) is 13.0 Å². The first kappa shape index (κ1) is 16.8. The largest absolute Gasteiger partial charge is 0.341 e. The van der Waals surface area contributed by atoms with E-state index in [4.69, 9.17) is 5.26 Å². The summed E-state index contributed by atoms with van der Waals surface area (Å²) in [5, 5.41) is 11.5. The summed E-state index contributed by atoms with van der Waals surface area (Å²) in [5.74, 6) is 0.00207. The van der Waals surface area contributed by atoms with Crippen LogP contribution in [0.4, 0.5) is 0 Å². The maximum absolute atomic E-state index is 12.4. The zero-order chi connectivity index (χ0) is 17.6. The standard InChI is InChI=1S/C19H16N4OS/c1-23(12-15-7-5-14(11-20)6-8-15)18(24)10-16-13-25-19(22-16)17-4-2-3-9-21-17/h2-9,13H,10,12H2,1H3. The Kier molecular flexibility index (Phi) is 5.17. The van der Waals surface area contributed by atoms with E-state index in [9.17, 15) is 4.79 Å². The SMILES string of the molecule is CN(Cc1ccc(C#N)cc1)C(=O)Cc1csc(-c2ccccn2)n1. The predicted octanol–water partition coefficient (Wildman–Crippen LogP) is 3.28. The third-order valence-corrected chi connectivity index (χ3v) is 4.61. The van der Waals surface area contributed by atoms with Crippen LogP contribution in [0, 0.1) is 11.3 Å². The Hall–Kier alpha value is -3.04. The number of carbonyl (C=O) groups is 1. The number of hydrogen-bond donors (Lipinski definition) is 0. The van der Waals surface area contributed by atoms with Crippen LogP contribution < -0.4 is 0 Å². The fraction of sp³-hybridized carbons (Fsp3) is 0.158. The quantitative estimate of drug-likeness (QED) is 0.709. The fourth-order valence-electron chi connectivity index (χ4n) is 2.33. The van der Waals surface area contributed by atoms with Crippen LogP contribution in [0.5, 0.6) is 0 Å². The summed E-state index contributed by atoms with van der Waals surface area (Å²) in [4.78, 5) is 22.9. The summed E-state index contributed by atoms with van der Waals surface area (Å²) >= 11 is 1.49. The Morgan fingerprint density at radius 2 is 2.04 bits per heavy atom. The van der Waals surface area contributed by atoms with Crippen molar-refractivity contribution in [1.29, 1.82) is 5.26 Å². The predicted molar refractivity (Wildman–Crippen MR) is 96.7 cm³/mol. The van der Waals surface area contributed by atoms with Gasteiger partial charge in [0.15, 0.2) is 0 Å². The average molecular weight is 348 g/mol. The number of likely N-dealkylation sites (N-methyl/N-ethyl adjacent to an activating group) is 1. The Balaban J connectivity index is 1.61. The number of rotatable bonds is 5. The lowest BCUT2D eigenvalue weighted by molar-refractivity contribution is -0.129. The first-order chi connectivity index (χ1) is 12.2. The molecule has 0 unspecified atom stereocenters. The molecule has 1 amide bonds. The van der Waals surface area contributed by atoms with Gasteiger partial charge in [0.25, 0.3) is 0 Å². The maximum atomic E-state index is 12.4. The van der Waals surface area contributed by atoms with Crippen molar-refractivity contribution < 1.29 is 4.79 Å². The molecule has 2 heterocycles. The third-order valence-electron chi connectivity index (χ3n) is 3.70. The van der Waals surface area contributed by atoms with Gasteiger partial charge in [-0.15, -0.1) is 11.3 Å². The fourth-order valence-corrected chi connectivity index (χ4v) is 3.13. The number of nitriles is 1. The Morgan fingerprint density at radius 3 is 2.72 bits per heavy atom. The number of hydrogen-bond acceptors (Lipinski definition) is 5. The zero-order valence-electron chi connectivity index (χ0n) is 13.7. The molecule has 0 atom stereocenters. The van der Waals surface area contributed by atoms with Crippen LogP contribution >= 0.6 is 11.3 Å². The summed E-state index contributed by atoms with van der Waals surface area (Å²) in [6.07, 6.45) is 1.99. The highest BCUT2D eigenvalue weighted by Crippen LogP contribution is 2.21. The smallest absolute Gasteiger partial charge is 0.228 e. The van der Waals surface area contributed by atoms with Gasteiger partial charge < -0.3 is 4.90 Å². The highest BCUT2D eigenvalue weighted by atomic mass is 32.1. The zero-order valence-corrected chi connectivity index (χ0v) is 14.5. The molecule has 1 aromatic carbocycles. The average Bonchev–Trinajstić information content (AvgIpc) is 3.11. The van der Waals surface area contributed by atoms with Gasteiger partial charge in [0.2, 0.25) is 5.91 Å². The van der Waals surface area contributed by atoms with E-state index in [1.165, 1.54) is 11.3 Å². The van der Waals surface area contributed by atoms with Crippen LogP contribution in [-0.2, 0) is 17.8 Å². The Bertz CT molecular complexity index is 897. The monoisotopic (exact) mass is 348 g/mol. The number of thiazole rings is 1. The lowest BCUT2D eigenvalue weighted by atomic mass is 10.1. The number of carbonyl (C=O) groups excluding carboxylic acids is 1. The molecule has 0 bridgehead atoms. The van der Waals surface area contributed by atoms with Crippen LogP contribution in [0.1, 0.15) is 16.8 Å². The summed E-state index contributed by atoms with van der Waals surface area (Å²) in [6, 6.07) is 15.0. The molecule has 0 saturated heterocycles. The van der Waals surface area contributed by atoms with Crippen LogP contribution in [0.3, 0.4) is 0 Å². The first-order valence-electron chi connectivity index (χ1n) is 7.74. The molecular formula is C19H16N4OS. The molecule has 0 radical (unpaired) electrons. The summed E-state index contributed by atoms with van der Waals surface area (Å²) in [7, 11) is 1.77. The molecule has 0 fully saturated rings. The summed E-state index contributed by atoms with van der Waals surface area (Å²) in [6.45, 7) is 0.502. The molecule has 0 aliphatic rings. The molecule has 0 saturated carbocycles. The van der Waals surface area contributed by atoms with Crippen molar-refractivity contribution >= 4 is 17.2 Å². The van der Waals surface area contributed by atoms with Crippen molar-refractivity contribution in [3.8, 4) is 16.8 Å². The highest BCUT2D eigenvalue weighted by molar-refractivity contribution is 7.13. The lowest BCUT2D eigenvalue weighted by Crippen LogP contribution is -2.27. The summed E-state index contributed by atoms with van der Waals surface area (Å²) in [5.41, 5.74) is 3.17. The number of benzene rings is 1. The van der Waals surface area contributed by atoms with Gasteiger partial charge in [-0.3, -0.25) is 9.78 Å². The molecule has 2 aromatic heterocycles. The molecule has 5 nitrogen and oxygen atoms in total. The van der Waals surface area contributed by atoms with E-state index >= 15 is 0 Å². The van der Waals surface area contributed by atoms with Gasteiger partial charge in [0.05, 0.1) is 29.4 Å². The van der Waals surface area contributed by atoms with Gasteiger partial charge >= 0.3 is 0 Å². The Labute approximate surface area is 150 Å². The Morgan fingerprint density at radius 1 is 1.24 bits per heavy atom. The van der Waals surface area contributed by atoms with Gasteiger partial charge in [-0.25, -0.2) is 4.98 Å². The number of amides is 1. The third kappa shape index (κ3) is 4.28. The van der Waals surface area contributed by atoms with Crippen LogP contribution in [0.2, 0.25) is 0 Å². The van der Waals surface area contributed by atoms with Gasteiger partial charge in [-0.1, -0.05) is 18.2 Å². The minimum atomic E-state index is 0.00207. The normalized spacial score (nSPS) is 10.2. The van der Waals surface area contributed by atoms with E-state index in [0.717, 1.165) is 22.0 Å². The second kappa shape index (κ2) is 7.69. The lowest BCUT2D eigenvalue weighted by Gasteiger charge is -2.16. The topological polar surface area (TPSA) is 69.9 Å². The summed E-state index contributed by atoms with van der Waals surface area (Å²) < 4.78 is 0. The highest BCUT2D eigenvalue weighted by Gasteiger charge is 2.13. The van der Waals surface area contributed by atoms with Gasteiger partial charge in [0, 0.05) is 25.2 Å². The molecule has 0 aliphatic heterocycles. The van der Waals surface area contributed by atoms with Crippen molar-refractivity contribution in [3.63, 3.8) is 0 Å².